The van der Waals surface area contributed by atoms with Gasteiger partial charge in [0.05, 0.1) is 13.2 Å². The first-order chi connectivity index (χ1) is 28.0. The lowest BCUT2D eigenvalue weighted by molar-refractivity contribution is -0.301. The molecule has 340 valence electrons. The third kappa shape index (κ3) is 24.0. The number of unbranched alkanes of at least 4 members (excludes halogenated alkanes) is 21. The van der Waals surface area contributed by atoms with Crippen LogP contribution in [0.25, 0.3) is 0 Å². The van der Waals surface area contributed by atoms with Crippen LogP contribution in [-0.4, -0.2) is 112 Å². The maximum atomic E-state index is 14.0. The zero-order valence-corrected chi connectivity index (χ0v) is 36.3. The second-order valence-corrected chi connectivity index (χ2v) is 16.4. The fraction of sp³-hybridized carbons (Fsp3) is 0.909. The van der Waals surface area contributed by atoms with Gasteiger partial charge in [0, 0.05) is 19.4 Å². The number of aliphatic hydroxyl groups excluding tert-OH is 4. The van der Waals surface area contributed by atoms with E-state index in [1.165, 1.54) is 103 Å². The van der Waals surface area contributed by atoms with E-state index in [0.29, 0.717) is 12.8 Å². The van der Waals surface area contributed by atoms with E-state index in [1.807, 2.05) is 0 Å². The summed E-state index contributed by atoms with van der Waals surface area (Å²) in [4.78, 5) is 51.6. The highest BCUT2D eigenvalue weighted by Crippen LogP contribution is 2.24. The van der Waals surface area contributed by atoms with Crippen LogP contribution in [0.5, 0.6) is 0 Å². The Morgan fingerprint density at radius 3 is 1.41 bits per heavy atom. The van der Waals surface area contributed by atoms with Crippen molar-refractivity contribution in [1.82, 2.24) is 16.0 Å². The maximum Gasteiger partial charge on any atom is 0.303 e. The minimum atomic E-state index is -1.73. The highest BCUT2D eigenvalue weighted by Gasteiger charge is 2.44. The molecule has 1 rings (SSSR count). The lowest BCUT2D eigenvalue weighted by Gasteiger charge is -2.40. The molecule has 0 aromatic carbocycles. The van der Waals surface area contributed by atoms with Gasteiger partial charge in [-0.1, -0.05) is 162 Å². The number of hydrogen-bond donors (Lipinski definition) is 8. The van der Waals surface area contributed by atoms with E-state index in [9.17, 15) is 44.7 Å². The van der Waals surface area contributed by atoms with Gasteiger partial charge in [0.15, 0.2) is 6.29 Å². The Morgan fingerprint density at radius 1 is 0.569 bits per heavy atom. The van der Waals surface area contributed by atoms with E-state index >= 15 is 0 Å². The fourth-order valence-corrected chi connectivity index (χ4v) is 7.55. The van der Waals surface area contributed by atoms with Crippen LogP contribution >= 0.6 is 0 Å². The third-order valence-corrected chi connectivity index (χ3v) is 11.4. The summed E-state index contributed by atoms with van der Waals surface area (Å²) in [6, 6.07) is -2.60. The lowest BCUT2D eigenvalue weighted by Crippen LogP contribution is -2.60. The number of likely N-dealkylation sites (N-methyl/N-ethyl adjacent to an activating group) is 1. The maximum absolute atomic E-state index is 14.0. The standard InChI is InChI=1S/C44H83N3O11/c1-4-6-8-10-12-14-16-18-20-22-24-26-28-33(27-25-23-21-19-17-15-13-11-9-7-5-2)41(54)47-35(43(56)46-34(42(55)45-3)29-30-37(49)50)32-57-44-40(53)39(52)38(51)36(31-48)58-44/h33-36,38-40,44,48,51-53H,4-32H2,1-3H3,(H,45,55)(H,46,56)(H,47,54)(H,49,50)/t33?,34-,35-,36-,38-,39+,40+,44+/m1/s1. The molecule has 1 aliphatic rings. The molecule has 1 heterocycles. The number of ether oxygens (including phenoxy) is 2. The number of carboxylic acids is 1. The first-order valence-electron chi connectivity index (χ1n) is 23.0. The molecule has 1 unspecified atom stereocenters. The van der Waals surface area contributed by atoms with Gasteiger partial charge < -0.3 is 51.0 Å². The molecule has 1 aliphatic heterocycles. The van der Waals surface area contributed by atoms with Crippen LogP contribution in [0.3, 0.4) is 0 Å². The SMILES string of the molecule is CCCCCCCCCCCCCCC(CCCCCCCCCCCCC)C(=O)N[C@H](CO[C@H]1O[C@H](CO)[C@@H](O)[C@H](O)[C@@H]1O)C(=O)N[C@H](CCC(=O)O)C(=O)NC. The van der Waals surface area contributed by atoms with Gasteiger partial charge in [0.2, 0.25) is 17.7 Å². The highest BCUT2D eigenvalue weighted by atomic mass is 16.7. The second-order valence-electron chi connectivity index (χ2n) is 16.4. The van der Waals surface area contributed by atoms with Crippen molar-refractivity contribution in [2.45, 2.75) is 230 Å². The van der Waals surface area contributed by atoms with Crippen LogP contribution in [-0.2, 0) is 28.7 Å². The minimum Gasteiger partial charge on any atom is -0.481 e. The molecule has 58 heavy (non-hydrogen) atoms. The minimum absolute atomic E-state index is 0.199. The molecule has 0 aromatic rings. The number of carboxylic acid groups (broad SMARTS) is 1. The third-order valence-electron chi connectivity index (χ3n) is 11.4. The van der Waals surface area contributed by atoms with Gasteiger partial charge in [-0.3, -0.25) is 19.2 Å². The summed E-state index contributed by atoms with van der Waals surface area (Å²) in [5.74, 6) is -3.31. The molecule has 0 aromatic heterocycles. The largest absolute Gasteiger partial charge is 0.481 e. The number of amides is 3. The van der Waals surface area contributed by atoms with Crippen molar-refractivity contribution in [2.24, 2.45) is 5.92 Å². The van der Waals surface area contributed by atoms with Gasteiger partial charge in [-0.15, -0.1) is 0 Å². The number of aliphatic hydroxyl groups is 4. The molecule has 8 N–H and O–H groups in total. The van der Waals surface area contributed by atoms with E-state index < -0.39 is 80.2 Å². The number of nitrogens with one attached hydrogen (secondary N) is 3. The average molecular weight is 830 g/mol. The van der Waals surface area contributed by atoms with Crippen molar-refractivity contribution >= 4 is 23.7 Å². The molecular formula is C44H83N3O11. The summed E-state index contributed by atoms with van der Waals surface area (Å²) < 4.78 is 11.2. The summed E-state index contributed by atoms with van der Waals surface area (Å²) in [6.07, 6.45) is 20.2. The molecule has 0 radical (unpaired) electrons. The first kappa shape index (κ1) is 53.7. The van der Waals surface area contributed by atoms with Crippen LogP contribution < -0.4 is 16.0 Å². The first-order valence-corrected chi connectivity index (χ1v) is 23.0. The molecule has 14 heteroatoms. The Kier molecular flexibility index (Phi) is 31.8. The van der Waals surface area contributed by atoms with E-state index in [4.69, 9.17) is 9.47 Å². The zero-order chi connectivity index (χ0) is 43.0. The number of hydrogen-bond acceptors (Lipinski definition) is 10. The molecule has 8 atom stereocenters. The van der Waals surface area contributed by atoms with Crippen LogP contribution in [0.1, 0.15) is 187 Å². The van der Waals surface area contributed by atoms with Crippen LogP contribution in [0.4, 0.5) is 0 Å². The Bertz CT molecular complexity index is 1080. The Morgan fingerprint density at radius 2 is 1.00 bits per heavy atom. The normalized spacial score (nSPS) is 20.9. The zero-order valence-electron chi connectivity index (χ0n) is 36.3. The van der Waals surface area contributed by atoms with Crippen LogP contribution in [0, 0.1) is 5.92 Å². The summed E-state index contributed by atoms with van der Waals surface area (Å²) in [5.41, 5.74) is 0. The van der Waals surface area contributed by atoms with Crippen molar-refractivity contribution in [2.75, 3.05) is 20.3 Å². The quantitative estimate of drug-likeness (QED) is 0.0350. The number of carbonyl (C=O) groups excluding carboxylic acids is 3. The number of rotatable bonds is 37. The molecule has 14 nitrogen and oxygen atoms in total. The summed E-state index contributed by atoms with van der Waals surface area (Å²) in [5, 5.41) is 57.6. The van der Waals surface area contributed by atoms with Gasteiger partial charge >= 0.3 is 5.97 Å². The van der Waals surface area contributed by atoms with Crippen molar-refractivity contribution in [3.8, 4) is 0 Å². The molecule has 1 fully saturated rings. The molecule has 1 saturated heterocycles. The second kappa shape index (κ2) is 34.4. The van der Waals surface area contributed by atoms with E-state index in [1.54, 1.807) is 0 Å². The van der Waals surface area contributed by atoms with E-state index in [2.05, 4.69) is 29.8 Å². The summed E-state index contributed by atoms with van der Waals surface area (Å²) in [6.45, 7) is 3.22. The van der Waals surface area contributed by atoms with E-state index in [-0.39, 0.29) is 18.2 Å². The average Bonchev–Trinajstić information content (AvgIpc) is 3.21. The van der Waals surface area contributed by atoms with Gasteiger partial charge in [-0.25, -0.2) is 0 Å². The van der Waals surface area contributed by atoms with Crippen LogP contribution in [0.15, 0.2) is 0 Å². The highest BCUT2D eigenvalue weighted by molar-refractivity contribution is 5.92. The predicted octanol–water partition coefficient (Wildman–Crippen LogP) is 5.79. The van der Waals surface area contributed by atoms with Gasteiger partial charge in [-0.2, -0.15) is 0 Å². The van der Waals surface area contributed by atoms with Crippen molar-refractivity contribution in [1.29, 1.82) is 0 Å². The lowest BCUT2D eigenvalue weighted by atomic mass is 9.92. The van der Waals surface area contributed by atoms with E-state index in [0.717, 1.165) is 51.4 Å². The molecule has 0 bridgehead atoms. The Labute approximate surface area is 349 Å². The number of carbonyl (C=O) groups is 4. The topological polar surface area (TPSA) is 224 Å². The summed E-state index contributed by atoms with van der Waals surface area (Å²) in [7, 11) is 1.36. The fourth-order valence-electron chi connectivity index (χ4n) is 7.55. The van der Waals surface area contributed by atoms with Gasteiger partial charge in [0.25, 0.3) is 0 Å². The number of aliphatic carboxylic acids is 1. The molecule has 3 amide bonds. The predicted molar refractivity (Wildman–Crippen MR) is 225 cm³/mol. The Hall–Kier alpha value is -2.36. The summed E-state index contributed by atoms with van der Waals surface area (Å²) >= 11 is 0. The van der Waals surface area contributed by atoms with Crippen molar-refractivity contribution in [3.05, 3.63) is 0 Å². The molecule has 0 aliphatic carbocycles. The smallest absolute Gasteiger partial charge is 0.303 e. The van der Waals surface area contributed by atoms with Crippen molar-refractivity contribution < 1.29 is 54.2 Å². The van der Waals surface area contributed by atoms with Crippen molar-refractivity contribution in [3.63, 3.8) is 0 Å². The van der Waals surface area contributed by atoms with Gasteiger partial charge in [-0.05, 0) is 19.3 Å². The van der Waals surface area contributed by atoms with Gasteiger partial charge in [0.1, 0.15) is 36.5 Å². The molecule has 0 spiro atoms. The Balaban J connectivity index is 2.98. The molecular weight excluding hydrogens is 746 g/mol. The monoisotopic (exact) mass is 830 g/mol. The van der Waals surface area contributed by atoms with Crippen LogP contribution in [0.2, 0.25) is 0 Å². The molecule has 0 saturated carbocycles.